The van der Waals surface area contributed by atoms with Crippen LogP contribution in [-0.2, 0) is 6.42 Å². The van der Waals surface area contributed by atoms with Crippen molar-refractivity contribution < 1.29 is 14.3 Å². The van der Waals surface area contributed by atoms with E-state index in [2.05, 4.69) is 15.3 Å². The van der Waals surface area contributed by atoms with Crippen LogP contribution in [0.4, 0.5) is 9.18 Å². The molecule has 134 valence electrons. The summed E-state index contributed by atoms with van der Waals surface area (Å²) in [5.74, 6) is -0.596. The van der Waals surface area contributed by atoms with Gasteiger partial charge in [-0.15, -0.1) is 11.3 Å². The first-order chi connectivity index (χ1) is 12.5. The second kappa shape index (κ2) is 8.48. The van der Waals surface area contributed by atoms with Crippen molar-refractivity contribution in [3.05, 3.63) is 58.6 Å². The van der Waals surface area contributed by atoms with Crippen LogP contribution in [0.5, 0.6) is 0 Å². The van der Waals surface area contributed by atoms with Gasteiger partial charge in [0.25, 0.3) is 0 Å². The standard InChI is InChI=1S/C17H13ClFN3O2S2/c18-10-3-1-4-11(9-10)25-16-14(12-5-2-7-20-15(12)19)22-13(26-16)6-8-21-17(23)24/h1-5,7,9,21H,6,8H2,(H,23,24). The van der Waals surface area contributed by atoms with Gasteiger partial charge in [-0.2, -0.15) is 4.39 Å². The number of carboxylic acid groups (broad SMARTS) is 1. The van der Waals surface area contributed by atoms with Gasteiger partial charge in [0.15, 0.2) is 0 Å². The largest absolute Gasteiger partial charge is 0.465 e. The maximum Gasteiger partial charge on any atom is 0.404 e. The van der Waals surface area contributed by atoms with E-state index in [0.717, 1.165) is 9.10 Å². The first-order valence-electron chi connectivity index (χ1n) is 7.54. The molecule has 0 atom stereocenters. The third-order valence-corrected chi connectivity index (χ3v) is 5.79. The van der Waals surface area contributed by atoms with Crippen molar-refractivity contribution in [1.82, 2.24) is 15.3 Å². The van der Waals surface area contributed by atoms with E-state index in [1.54, 1.807) is 18.2 Å². The fourth-order valence-electron chi connectivity index (χ4n) is 2.17. The maximum absolute atomic E-state index is 14.2. The quantitative estimate of drug-likeness (QED) is 0.563. The summed E-state index contributed by atoms with van der Waals surface area (Å²) in [4.78, 5) is 19.7. The third kappa shape index (κ3) is 4.72. The number of nitrogens with zero attached hydrogens (tertiary/aromatic N) is 2. The molecule has 0 unspecified atom stereocenters. The molecule has 2 N–H and O–H groups in total. The minimum absolute atomic E-state index is 0.235. The van der Waals surface area contributed by atoms with Crippen LogP contribution < -0.4 is 5.32 Å². The molecule has 0 fully saturated rings. The minimum atomic E-state index is -1.09. The average molecular weight is 410 g/mol. The van der Waals surface area contributed by atoms with E-state index in [1.165, 1.54) is 29.3 Å². The molecule has 1 amide bonds. The SMILES string of the molecule is O=C(O)NCCc1nc(-c2cccnc2F)c(Sc2cccc(Cl)c2)s1. The Morgan fingerprint density at radius 3 is 2.92 bits per heavy atom. The topological polar surface area (TPSA) is 75.1 Å². The van der Waals surface area contributed by atoms with Gasteiger partial charge in [0, 0.05) is 29.1 Å². The summed E-state index contributed by atoms with van der Waals surface area (Å²) in [6, 6.07) is 10.6. The number of halogens is 2. The van der Waals surface area contributed by atoms with Crippen LogP contribution in [0.2, 0.25) is 5.02 Å². The van der Waals surface area contributed by atoms with Crippen molar-refractivity contribution in [2.24, 2.45) is 0 Å². The molecule has 0 aliphatic carbocycles. The Kier molecular flexibility index (Phi) is 6.08. The predicted molar refractivity (Wildman–Crippen MR) is 101 cm³/mol. The van der Waals surface area contributed by atoms with Gasteiger partial charge in [-0.05, 0) is 30.3 Å². The molecule has 0 bridgehead atoms. The van der Waals surface area contributed by atoms with Gasteiger partial charge >= 0.3 is 6.09 Å². The van der Waals surface area contributed by atoms with E-state index in [-0.39, 0.29) is 6.54 Å². The highest BCUT2D eigenvalue weighted by Gasteiger charge is 2.18. The zero-order valence-corrected chi connectivity index (χ0v) is 15.7. The molecular weight excluding hydrogens is 397 g/mol. The van der Waals surface area contributed by atoms with Crippen LogP contribution in [-0.4, -0.2) is 27.7 Å². The number of rotatable bonds is 6. The van der Waals surface area contributed by atoms with E-state index >= 15 is 0 Å². The number of pyridine rings is 1. The molecule has 0 saturated heterocycles. The van der Waals surface area contributed by atoms with Crippen LogP contribution in [0.1, 0.15) is 5.01 Å². The number of benzene rings is 1. The molecule has 2 aromatic heterocycles. The van der Waals surface area contributed by atoms with Gasteiger partial charge < -0.3 is 10.4 Å². The molecule has 3 aromatic rings. The van der Waals surface area contributed by atoms with E-state index < -0.39 is 12.0 Å². The number of hydrogen-bond acceptors (Lipinski definition) is 5. The fourth-order valence-corrected chi connectivity index (χ4v) is 4.78. The van der Waals surface area contributed by atoms with Gasteiger partial charge in [0.05, 0.1) is 14.8 Å². The highest BCUT2D eigenvalue weighted by atomic mass is 35.5. The first kappa shape index (κ1) is 18.6. The number of nitrogens with one attached hydrogen (secondary N) is 1. The Morgan fingerprint density at radius 1 is 1.35 bits per heavy atom. The Hall–Kier alpha value is -2.16. The van der Waals surface area contributed by atoms with Crippen molar-refractivity contribution in [3.8, 4) is 11.3 Å². The lowest BCUT2D eigenvalue weighted by Crippen LogP contribution is -2.23. The van der Waals surface area contributed by atoms with Gasteiger partial charge in [-0.25, -0.2) is 14.8 Å². The second-order valence-electron chi connectivity index (χ2n) is 5.13. The normalized spacial score (nSPS) is 10.7. The van der Waals surface area contributed by atoms with Crippen molar-refractivity contribution in [2.45, 2.75) is 15.5 Å². The van der Waals surface area contributed by atoms with Gasteiger partial charge in [-0.3, -0.25) is 0 Å². The average Bonchev–Trinajstić information content (AvgIpc) is 2.97. The molecule has 3 rings (SSSR count). The molecular formula is C17H13ClFN3O2S2. The summed E-state index contributed by atoms with van der Waals surface area (Å²) in [7, 11) is 0. The van der Waals surface area contributed by atoms with E-state index in [9.17, 15) is 9.18 Å². The summed E-state index contributed by atoms with van der Waals surface area (Å²) in [5, 5.41) is 12.3. The maximum atomic E-state index is 14.2. The van der Waals surface area contributed by atoms with Gasteiger partial charge in [0.1, 0.15) is 5.69 Å². The molecule has 1 aromatic carbocycles. The first-order valence-corrected chi connectivity index (χ1v) is 9.55. The molecule has 0 aliphatic rings. The lowest BCUT2D eigenvalue weighted by Gasteiger charge is -2.03. The van der Waals surface area contributed by atoms with Crippen LogP contribution in [0.3, 0.4) is 0 Å². The summed E-state index contributed by atoms with van der Waals surface area (Å²) in [5.41, 5.74) is 0.807. The smallest absolute Gasteiger partial charge is 0.404 e. The summed E-state index contributed by atoms with van der Waals surface area (Å²) >= 11 is 8.87. The number of carbonyl (C=O) groups is 1. The Bertz CT molecular complexity index is 936. The molecule has 9 heteroatoms. The molecule has 0 saturated carbocycles. The lowest BCUT2D eigenvalue weighted by molar-refractivity contribution is 0.194. The predicted octanol–water partition coefficient (Wildman–Crippen LogP) is 4.96. The van der Waals surface area contributed by atoms with E-state index in [4.69, 9.17) is 16.7 Å². The number of hydrogen-bond donors (Lipinski definition) is 2. The monoisotopic (exact) mass is 409 g/mol. The van der Waals surface area contributed by atoms with E-state index in [0.29, 0.717) is 27.7 Å². The van der Waals surface area contributed by atoms with Crippen molar-refractivity contribution in [3.63, 3.8) is 0 Å². The summed E-state index contributed by atoms with van der Waals surface area (Å²) in [6.45, 7) is 0.235. The molecule has 26 heavy (non-hydrogen) atoms. The zero-order valence-electron chi connectivity index (χ0n) is 13.3. The second-order valence-corrected chi connectivity index (χ2v) is 7.99. The van der Waals surface area contributed by atoms with Gasteiger partial charge in [0.2, 0.25) is 5.95 Å². The Labute approximate surface area is 162 Å². The Morgan fingerprint density at radius 2 is 2.19 bits per heavy atom. The van der Waals surface area contributed by atoms with Crippen LogP contribution in [0.25, 0.3) is 11.3 Å². The van der Waals surface area contributed by atoms with Gasteiger partial charge in [-0.1, -0.05) is 29.4 Å². The fraction of sp³-hybridized carbons (Fsp3) is 0.118. The third-order valence-electron chi connectivity index (χ3n) is 3.28. The molecule has 0 radical (unpaired) electrons. The highest BCUT2D eigenvalue weighted by molar-refractivity contribution is 8.01. The minimum Gasteiger partial charge on any atom is -0.465 e. The molecule has 0 spiro atoms. The number of aromatic nitrogens is 2. The molecule has 5 nitrogen and oxygen atoms in total. The highest BCUT2D eigenvalue weighted by Crippen LogP contribution is 2.41. The number of amides is 1. The Balaban J connectivity index is 1.93. The van der Waals surface area contributed by atoms with Crippen LogP contribution >= 0.6 is 34.7 Å². The summed E-state index contributed by atoms with van der Waals surface area (Å²) < 4.78 is 15.0. The van der Waals surface area contributed by atoms with E-state index in [1.807, 2.05) is 18.2 Å². The van der Waals surface area contributed by atoms with Crippen molar-refractivity contribution >= 4 is 40.8 Å². The molecule has 2 heterocycles. The zero-order chi connectivity index (χ0) is 18.5. The lowest BCUT2D eigenvalue weighted by atomic mass is 10.2. The van der Waals surface area contributed by atoms with Crippen molar-refractivity contribution in [1.29, 1.82) is 0 Å². The number of thiazole rings is 1. The van der Waals surface area contributed by atoms with Crippen molar-refractivity contribution in [2.75, 3.05) is 6.54 Å². The van der Waals surface area contributed by atoms with Crippen LogP contribution in [0.15, 0.2) is 51.7 Å². The molecule has 0 aliphatic heterocycles. The van der Waals surface area contributed by atoms with Crippen LogP contribution in [0, 0.1) is 5.95 Å². The summed E-state index contributed by atoms with van der Waals surface area (Å²) in [6.07, 6.45) is 0.711.